The molecule has 0 unspecified atom stereocenters. The van der Waals surface area contributed by atoms with E-state index in [9.17, 15) is 10.3 Å². The molecule has 2 saturated heterocycles. The number of piperidine rings is 1. The number of benzene rings is 1. The van der Waals surface area contributed by atoms with E-state index in [-0.39, 0.29) is 0 Å². The van der Waals surface area contributed by atoms with Crippen LogP contribution in [0.3, 0.4) is 0 Å². The van der Waals surface area contributed by atoms with Gasteiger partial charge in [-0.15, -0.1) is 0 Å². The number of hydrogen-bond donors (Lipinski definition) is 2. The summed E-state index contributed by atoms with van der Waals surface area (Å²) in [5.41, 5.74) is 1.86. The number of nitrogens with one attached hydrogen (secondary N) is 1. The molecule has 23 heavy (non-hydrogen) atoms. The van der Waals surface area contributed by atoms with Crippen LogP contribution in [0.1, 0.15) is 18.4 Å². The molecule has 0 radical (unpaired) electrons. The van der Waals surface area contributed by atoms with Crippen molar-refractivity contribution in [3.8, 4) is 6.07 Å². The first-order valence-corrected chi connectivity index (χ1v) is 8.57. The van der Waals surface area contributed by atoms with E-state index in [1.165, 1.54) is 0 Å². The molecule has 2 heterocycles. The lowest BCUT2D eigenvalue weighted by Crippen LogP contribution is -2.58. The Morgan fingerprint density at radius 3 is 2.65 bits per heavy atom. The summed E-state index contributed by atoms with van der Waals surface area (Å²) in [6.45, 7) is 7.00. The minimum Gasteiger partial charge on any atom is -0.437 e. The molecule has 0 aliphatic carbocycles. The third kappa shape index (κ3) is 3.87. The Balaban J connectivity index is 1.46. The van der Waals surface area contributed by atoms with Crippen LogP contribution in [0.5, 0.6) is 0 Å². The summed E-state index contributed by atoms with van der Waals surface area (Å²) in [6, 6.07) is 10.9. The van der Waals surface area contributed by atoms with Gasteiger partial charge in [-0.25, -0.2) is 0 Å². The van der Waals surface area contributed by atoms with E-state index in [1.807, 2.05) is 18.2 Å². The summed E-state index contributed by atoms with van der Waals surface area (Å²) < 4.78 is 0. The molecular formula is C17H25BN4O. The van der Waals surface area contributed by atoms with Gasteiger partial charge in [0.15, 0.2) is 0 Å². The average Bonchev–Trinajstić information content (AvgIpc) is 2.53. The molecule has 6 heteroatoms. The van der Waals surface area contributed by atoms with Crippen molar-refractivity contribution in [2.45, 2.75) is 25.7 Å². The zero-order valence-corrected chi connectivity index (χ0v) is 13.8. The third-order valence-electron chi connectivity index (χ3n) is 5.03. The number of nitriles is 1. The fourth-order valence-electron chi connectivity index (χ4n) is 3.69. The van der Waals surface area contributed by atoms with Gasteiger partial charge in [0.2, 0.25) is 0 Å². The van der Waals surface area contributed by atoms with Gasteiger partial charge in [-0.2, -0.15) is 5.26 Å². The molecule has 2 aliphatic heterocycles. The van der Waals surface area contributed by atoms with Gasteiger partial charge in [-0.05, 0) is 44.3 Å². The lowest BCUT2D eigenvalue weighted by molar-refractivity contribution is 0.0434. The number of likely N-dealkylation sites (tertiary alicyclic amines) is 1. The van der Waals surface area contributed by atoms with Gasteiger partial charge in [0.05, 0.1) is 11.3 Å². The van der Waals surface area contributed by atoms with Gasteiger partial charge in [-0.1, -0.05) is 12.1 Å². The second-order valence-corrected chi connectivity index (χ2v) is 6.75. The topological polar surface area (TPSA) is 62.5 Å². The van der Waals surface area contributed by atoms with E-state index in [0.29, 0.717) is 12.0 Å². The molecule has 0 saturated carbocycles. The molecule has 2 fully saturated rings. The third-order valence-corrected chi connectivity index (χ3v) is 5.03. The zero-order chi connectivity index (χ0) is 16.2. The molecule has 0 amide bonds. The molecule has 1 aromatic rings. The van der Waals surface area contributed by atoms with Gasteiger partial charge in [0.1, 0.15) is 6.07 Å². The van der Waals surface area contributed by atoms with Crippen LogP contribution in [0.4, 0.5) is 5.69 Å². The number of hydrogen-bond acceptors (Lipinski definition) is 5. The predicted octanol–water partition coefficient (Wildman–Crippen LogP) is 1.16. The van der Waals surface area contributed by atoms with E-state index in [2.05, 4.69) is 27.2 Å². The Morgan fingerprint density at radius 1 is 1.30 bits per heavy atom. The Labute approximate surface area is 139 Å². The predicted molar refractivity (Wildman–Crippen MR) is 93.3 cm³/mol. The summed E-state index contributed by atoms with van der Waals surface area (Å²) >= 11 is 0. The highest BCUT2D eigenvalue weighted by Gasteiger charge is 2.34. The summed E-state index contributed by atoms with van der Waals surface area (Å²) in [5, 5.41) is 21.6. The van der Waals surface area contributed by atoms with Crippen molar-refractivity contribution in [1.82, 2.24) is 10.1 Å². The smallest absolute Gasteiger partial charge is 0.373 e. The minimum absolute atomic E-state index is 0.410. The van der Waals surface area contributed by atoms with Crippen molar-refractivity contribution in [2.24, 2.45) is 5.92 Å². The monoisotopic (exact) mass is 312 g/mol. The van der Waals surface area contributed by atoms with Crippen molar-refractivity contribution in [1.29, 1.82) is 5.26 Å². The Hall–Kier alpha value is -1.55. The largest absolute Gasteiger partial charge is 0.437 e. The molecule has 2 N–H and O–H groups in total. The fraction of sp³-hybridized carbons (Fsp3) is 0.588. The van der Waals surface area contributed by atoms with Crippen LogP contribution < -0.4 is 10.1 Å². The summed E-state index contributed by atoms with van der Waals surface area (Å²) in [5.74, 6) is 0.668. The number of nitrogens with zero attached hydrogens (tertiary/aromatic N) is 3. The van der Waals surface area contributed by atoms with Crippen LogP contribution in [-0.4, -0.2) is 55.7 Å². The first-order valence-electron chi connectivity index (χ1n) is 8.57. The van der Waals surface area contributed by atoms with Gasteiger partial charge in [0, 0.05) is 32.2 Å². The average molecular weight is 312 g/mol. The van der Waals surface area contributed by atoms with E-state index in [0.717, 1.165) is 56.8 Å². The van der Waals surface area contributed by atoms with Crippen LogP contribution >= 0.6 is 0 Å². The lowest BCUT2D eigenvalue weighted by Gasteiger charge is -2.47. The Kier molecular flexibility index (Phi) is 5.21. The lowest BCUT2D eigenvalue weighted by atomic mass is 9.86. The van der Waals surface area contributed by atoms with E-state index in [1.54, 1.807) is 6.82 Å². The van der Waals surface area contributed by atoms with Crippen molar-refractivity contribution < 1.29 is 5.02 Å². The maximum Gasteiger partial charge on any atom is 0.373 e. The molecule has 0 spiro atoms. The van der Waals surface area contributed by atoms with E-state index < -0.39 is 7.05 Å². The first-order chi connectivity index (χ1) is 11.2. The van der Waals surface area contributed by atoms with Crippen molar-refractivity contribution in [2.75, 3.05) is 37.6 Å². The highest BCUT2D eigenvalue weighted by atomic mass is 16.2. The van der Waals surface area contributed by atoms with Crippen molar-refractivity contribution in [3.63, 3.8) is 0 Å². The molecule has 0 bridgehead atoms. The van der Waals surface area contributed by atoms with Gasteiger partial charge in [0.25, 0.3) is 0 Å². The maximum atomic E-state index is 9.26. The molecule has 1 aromatic carbocycles. The van der Waals surface area contributed by atoms with Gasteiger partial charge >= 0.3 is 7.05 Å². The van der Waals surface area contributed by atoms with Crippen LogP contribution in [0.25, 0.3) is 0 Å². The first kappa shape index (κ1) is 16.3. The number of rotatable bonds is 5. The molecular weight excluding hydrogens is 287 g/mol. The molecule has 122 valence electrons. The van der Waals surface area contributed by atoms with Gasteiger partial charge in [-0.3, -0.25) is 4.90 Å². The van der Waals surface area contributed by atoms with Crippen molar-refractivity contribution >= 4 is 12.7 Å². The summed E-state index contributed by atoms with van der Waals surface area (Å²) in [6.07, 6.45) is 2.33. The minimum atomic E-state index is -0.410. The standard InChI is InChI=1S/C17H25BN4O/c1-18(23)20-11-14-12-22(13-14)16-6-8-21(9-7-16)17-5-3-2-4-15(17)10-19/h2-5,14,16,20,23H,6-9,11-13H2,1H3. The molecule has 3 rings (SSSR count). The molecule has 2 aliphatic rings. The molecule has 0 aromatic heterocycles. The molecule has 0 atom stereocenters. The zero-order valence-electron chi connectivity index (χ0n) is 13.8. The summed E-state index contributed by atoms with van der Waals surface area (Å²) in [7, 11) is -0.410. The van der Waals surface area contributed by atoms with E-state index >= 15 is 0 Å². The quantitative estimate of drug-likeness (QED) is 0.799. The van der Waals surface area contributed by atoms with Crippen LogP contribution in [0, 0.1) is 17.2 Å². The summed E-state index contributed by atoms with van der Waals surface area (Å²) in [4.78, 5) is 4.92. The number of para-hydroxylation sites is 1. The second kappa shape index (κ2) is 7.35. The Bertz CT molecular complexity index is 560. The highest BCUT2D eigenvalue weighted by molar-refractivity contribution is 6.45. The normalized spacial score (nSPS) is 20.1. The van der Waals surface area contributed by atoms with E-state index in [4.69, 9.17) is 0 Å². The fourth-order valence-corrected chi connectivity index (χ4v) is 3.69. The van der Waals surface area contributed by atoms with Crippen molar-refractivity contribution in [3.05, 3.63) is 29.8 Å². The molecule has 5 nitrogen and oxygen atoms in total. The SMILES string of the molecule is CB(O)NCC1CN(C2CCN(c3ccccc3C#N)CC2)C1. The number of anilines is 1. The van der Waals surface area contributed by atoms with Gasteiger partial charge < -0.3 is 15.2 Å². The second-order valence-electron chi connectivity index (χ2n) is 6.75. The maximum absolute atomic E-state index is 9.26. The van der Waals surface area contributed by atoms with Crippen LogP contribution in [-0.2, 0) is 0 Å². The van der Waals surface area contributed by atoms with Crippen LogP contribution in [0.15, 0.2) is 24.3 Å². The van der Waals surface area contributed by atoms with Crippen LogP contribution in [0.2, 0.25) is 6.82 Å². The highest BCUT2D eigenvalue weighted by Crippen LogP contribution is 2.28. The Morgan fingerprint density at radius 2 is 2.00 bits per heavy atom.